The van der Waals surface area contributed by atoms with Crippen molar-refractivity contribution in [2.75, 3.05) is 6.54 Å². The molecule has 0 aliphatic carbocycles. The van der Waals surface area contributed by atoms with Crippen LogP contribution in [0.3, 0.4) is 0 Å². The molecule has 1 amide bonds. The van der Waals surface area contributed by atoms with Gasteiger partial charge in [0.05, 0.1) is 11.7 Å². The minimum atomic E-state index is -0.530. The summed E-state index contributed by atoms with van der Waals surface area (Å²) in [6.45, 7) is 3.73. The van der Waals surface area contributed by atoms with Crippen LogP contribution in [-0.2, 0) is 0 Å². The van der Waals surface area contributed by atoms with E-state index in [-0.39, 0.29) is 12.5 Å². The average molecular weight is 194 g/mol. The highest BCUT2D eigenvalue weighted by atomic mass is 16.3. The van der Waals surface area contributed by atoms with Crippen molar-refractivity contribution in [1.82, 2.24) is 10.3 Å². The number of nitrogens with zero attached hydrogens (tertiary/aromatic N) is 1. The molecule has 0 spiro atoms. The Morgan fingerprint density at radius 3 is 2.86 bits per heavy atom. The molecule has 0 aliphatic heterocycles. The van der Waals surface area contributed by atoms with Crippen LogP contribution in [0.4, 0.5) is 0 Å². The minimum Gasteiger partial charge on any atom is -0.392 e. The van der Waals surface area contributed by atoms with Crippen molar-refractivity contribution in [3.05, 3.63) is 29.6 Å². The highest BCUT2D eigenvalue weighted by Gasteiger charge is 2.05. The molecular formula is C10H14N2O2. The Kier molecular flexibility index (Phi) is 3.59. The Labute approximate surface area is 83.0 Å². The minimum absolute atomic E-state index is 0.210. The number of carbonyl (C=O) groups is 1. The van der Waals surface area contributed by atoms with Crippen LogP contribution >= 0.6 is 0 Å². The molecule has 4 heteroatoms. The van der Waals surface area contributed by atoms with Gasteiger partial charge in [0.2, 0.25) is 0 Å². The highest BCUT2D eigenvalue weighted by Crippen LogP contribution is 1.98. The van der Waals surface area contributed by atoms with E-state index in [0.717, 1.165) is 5.69 Å². The molecule has 1 heterocycles. The maximum Gasteiger partial charge on any atom is 0.252 e. The lowest BCUT2D eigenvalue weighted by Crippen LogP contribution is -2.30. The molecule has 14 heavy (non-hydrogen) atoms. The lowest BCUT2D eigenvalue weighted by Gasteiger charge is -2.06. The van der Waals surface area contributed by atoms with E-state index in [1.807, 2.05) is 6.92 Å². The molecular weight excluding hydrogens is 180 g/mol. The number of carbonyl (C=O) groups excluding carboxylic acids is 1. The summed E-state index contributed by atoms with van der Waals surface area (Å²) in [4.78, 5) is 15.4. The molecule has 4 nitrogen and oxygen atoms in total. The van der Waals surface area contributed by atoms with Gasteiger partial charge in [-0.2, -0.15) is 0 Å². The molecule has 1 atom stereocenters. The summed E-state index contributed by atoms with van der Waals surface area (Å²) in [5.41, 5.74) is 1.38. The lowest BCUT2D eigenvalue weighted by atomic mass is 10.2. The monoisotopic (exact) mass is 194 g/mol. The van der Waals surface area contributed by atoms with E-state index in [1.165, 1.54) is 6.20 Å². The SMILES string of the molecule is Cc1ccc(C(=O)NC[C@H](C)O)cn1. The van der Waals surface area contributed by atoms with Crippen molar-refractivity contribution in [3.8, 4) is 0 Å². The molecule has 1 aromatic heterocycles. The Morgan fingerprint density at radius 1 is 1.64 bits per heavy atom. The van der Waals surface area contributed by atoms with Gasteiger partial charge in [0.25, 0.3) is 5.91 Å². The van der Waals surface area contributed by atoms with Crippen LogP contribution in [-0.4, -0.2) is 28.6 Å². The summed E-state index contributed by atoms with van der Waals surface area (Å²) in [5.74, 6) is -0.210. The molecule has 0 aromatic carbocycles. The molecule has 2 N–H and O–H groups in total. The fourth-order valence-corrected chi connectivity index (χ4v) is 0.945. The first-order valence-corrected chi connectivity index (χ1v) is 4.48. The summed E-state index contributed by atoms with van der Waals surface area (Å²) < 4.78 is 0. The van der Waals surface area contributed by atoms with E-state index in [1.54, 1.807) is 19.1 Å². The quantitative estimate of drug-likeness (QED) is 0.736. The van der Waals surface area contributed by atoms with Gasteiger partial charge in [-0.15, -0.1) is 0 Å². The third-order valence-electron chi connectivity index (χ3n) is 1.73. The van der Waals surface area contributed by atoms with Crippen molar-refractivity contribution in [2.45, 2.75) is 20.0 Å². The molecule has 0 bridgehead atoms. The second-order valence-corrected chi connectivity index (χ2v) is 3.25. The molecule has 1 rings (SSSR count). The van der Waals surface area contributed by atoms with Crippen molar-refractivity contribution in [1.29, 1.82) is 0 Å². The van der Waals surface area contributed by atoms with Gasteiger partial charge in [0, 0.05) is 18.4 Å². The van der Waals surface area contributed by atoms with Crippen LogP contribution in [0.1, 0.15) is 23.0 Å². The number of aliphatic hydroxyl groups excluding tert-OH is 1. The molecule has 0 saturated carbocycles. The first-order chi connectivity index (χ1) is 6.59. The van der Waals surface area contributed by atoms with Crippen molar-refractivity contribution in [2.24, 2.45) is 0 Å². The van der Waals surface area contributed by atoms with Gasteiger partial charge in [-0.25, -0.2) is 0 Å². The van der Waals surface area contributed by atoms with E-state index in [4.69, 9.17) is 5.11 Å². The van der Waals surface area contributed by atoms with Gasteiger partial charge in [-0.05, 0) is 26.0 Å². The smallest absolute Gasteiger partial charge is 0.252 e. The van der Waals surface area contributed by atoms with E-state index in [2.05, 4.69) is 10.3 Å². The molecule has 0 aliphatic rings. The van der Waals surface area contributed by atoms with Crippen molar-refractivity contribution in [3.63, 3.8) is 0 Å². The normalized spacial score (nSPS) is 12.2. The number of hydrogen-bond acceptors (Lipinski definition) is 3. The van der Waals surface area contributed by atoms with Gasteiger partial charge in [-0.3, -0.25) is 9.78 Å². The summed E-state index contributed by atoms with van der Waals surface area (Å²) in [7, 11) is 0. The standard InChI is InChI=1S/C10H14N2O2/c1-7-3-4-9(6-11-7)10(14)12-5-8(2)13/h3-4,6,8,13H,5H2,1-2H3,(H,12,14)/t8-/m0/s1. The number of aromatic nitrogens is 1. The summed E-state index contributed by atoms with van der Waals surface area (Å²) in [6.07, 6.45) is 0.990. The van der Waals surface area contributed by atoms with Crippen LogP contribution in [0.15, 0.2) is 18.3 Å². The molecule has 76 valence electrons. The van der Waals surface area contributed by atoms with Crippen LogP contribution in [0, 0.1) is 6.92 Å². The van der Waals surface area contributed by atoms with E-state index >= 15 is 0 Å². The third kappa shape index (κ3) is 3.14. The Balaban J connectivity index is 2.57. The number of rotatable bonds is 3. The van der Waals surface area contributed by atoms with Crippen molar-refractivity contribution >= 4 is 5.91 Å². The van der Waals surface area contributed by atoms with E-state index in [0.29, 0.717) is 5.56 Å². The summed E-state index contributed by atoms with van der Waals surface area (Å²) in [5, 5.41) is 11.6. The number of pyridine rings is 1. The van der Waals surface area contributed by atoms with Gasteiger partial charge >= 0.3 is 0 Å². The zero-order valence-corrected chi connectivity index (χ0v) is 8.32. The lowest BCUT2D eigenvalue weighted by molar-refractivity contribution is 0.0923. The fraction of sp³-hybridized carbons (Fsp3) is 0.400. The number of aryl methyl sites for hydroxylation is 1. The predicted molar refractivity (Wildman–Crippen MR) is 53.0 cm³/mol. The number of amides is 1. The van der Waals surface area contributed by atoms with Crippen LogP contribution in [0.5, 0.6) is 0 Å². The van der Waals surface area contributed by atoms with Gasteiger partial charge in [0.1, 0.15) is 0 Å². The molecule has 1 aromatic rings. The summed E-state index contributed by atoms with van der Waals surface area (Å²) >= 11 is 0. The first-order valence-electron chi connectivity index (χ1n) is 4.48. The second kappa shape index (κ2) is 4.72. The maximum atomic E-state index is 11.4. The zero-order valence-electron chi connectivity index (χ0n) is 8.32. The predicted octanol–water partition coefficient (Wildman–Crippen LogP) is 0.501. The van der Waals surface area contributed by atoms with Gasteiger partial charge in [0.15, 0.2) is 0 Å². The average Bonchev–Trinajstić information content (AvgIpc) is 2.15. The Hall–Kier alpha value is -1.42. The van der Waals surface area contributed by atoms with Gasteiger partial charge in [-0.1, -0.05) is 0 Å². The Morgan fingerprint density at radius 2 is 2.36 bits per heavy atom. The van der Waals surface area contributed by atoms with Gasteiger partial charge < -0.3 is 10.4 Å². The summed E-state index contributed by atoms with van der Waals surface area (Å²) in [6, 6.07) is 3.48. The Bertz CT molecular complexity index is 306. The molecule has 0 radical (unpaired) electrons. The van der Waals surface area contributed by atoms with Crippen LogP contribution in [0.25, 0.3) is 0 Å². The maximum absolute atomic E-state index is 11.4. The van der Waals surface area contributed by atoms with Crippen LogP contribution in [0.2, 0.25) is 0 Å². The van der Waals surface area contributed by atoms with Crippen molar-refractivity contribution < 1.29 is 9.90 Å². The highest BCUT2D eigenvalue weighted by molar-refractivity contribution is 5.93. The topological polar surface area (TPSA) is 62.2 Å². The number of hydrogen-bond donors (Lipinski definition) is 2. The third-order valence-corrected chi connectivity index (χ3v) is 1.73. The molecule has 0 fully saturated rings. The second-order valence-electron chi connectivity index (χ2n) is 3.25. The van der Waals surface area contributed by atoms with E-state index in [9.17, 15) is 4.79 Å². The fourth-order valence-electron chi connectivity index (χ4n) is 0.945. The van der Waals surface area contributed by atoms with E-state index < -0.39 is 6.10 Å². The zero-order chi connectivity index (χ0) is 10.6. The van der Waals surface area contributed by atoms with Crippen LogP contribution < -0.4 is 5.32 Å². The molecule has 0 unspecified atom stereocenters. The number of nitrogens with one attached hydrogen (secondary N) is 1. The first kappa shape index (κ1) is 10.7. The molecule has 0 saturated heterocycles. The largest absolute Gasteiger partial charge is 0.392 e. The number of aliphatic hydroxyl groups is 1.